The Hall–Kier alpha value is -5.60. The van der Waals surface area contributed by atoms with Crippen LogP contribution in [0.3, 0.4) is 0 Å². The molecule has 1 aromatic rings. The molecule has 14 N–H and O–H groups in total. The first-order valence-electron chi connectivity index (χ1n) is 20.7. The van der Waals surface area contributed by atoms with E-state index in [9.17, 15) is 53.1 Å². The highest BCUT2D eigenvalue weighted by Crippen LogP contribution is 2.24. The average molecular weight is 967 g/mol. The van der Waals surface area contributed by atoms with Gasteiger partial charge in [0.2, 0.25) is 47.3 Å². The molecule has 358 valence electrons. The SMILES string of the molecule is CNCCCC[C@@H]1NC(=O)CSC(C(C)=O)NC(=O)[C@H](Cc2ccccc2)NC(=O)[C@@H]2CSSC[C@H](NC1=O)C(=O)N[C@@H](CCCN=C(N)N)C(=O)NCC(=O)N[C@@H](CC(=O)O)C(=O)N2. The van der Waals surface area contributed by atoms with Crippen LogP contribution in [0.1, 0.15) is 51.0 Å². The van der Waals surface area contributed by atoms with E-state index in [1.807, 2.05) is 0 Å². The first-order chi connectivity index (χ1) is 31.0. The normalized spacial score (nSPS) is 24.8. The maximum atomic E-state index is 14.2. The second kappa shape index (κ2) is 28.3. The predicted octanol–water partition coefficient (Wildman–Crippen LogP) is -3.65. The number of Topliss-reactive ketones (excluding diaryl/α,β-unsaturated/α-hetero) is 1. The first-order valence-corrected chi connectivity index (χ1v) is 24.2. The first kappa shape index (κ1) is 53.7. The van der Waals surface area contributed by atoms with Gasteiger partial charge in [0.1, 0.15) is 41.6 Å². The summed E-state index contributed by atoms with van der Waals surface area (Å²) in [6.45, 7) is 1.09. The number of carboxylic acid groups (broad SMARTS) is 1. The van der Waals surface area contributed by atoms with Crippen LogP contribution in [-0.4, -0.2) is 156 Å². The predicted molar refractivity (Wildman–Crippen MR) is 245 cm³/mol. The van der Waals surface area contributed by atoms with E-state index in [0.29, 0.717) is 24.9 Å². The zero-order valence-corrected chi connectivity index (χ0v) is 38.4. The van der Waals surface area contributed by atoms with Gasteiger partial charge in [-0.15, -0.1) is 11.8 Å². The molecule has 2 bridgehead atoms. The number of thioether (sulfide) groups is 1. The minimum Gasteiger partial charge on any atom is -0.481 e. The zero-order chi connectivity index (χ0) is 47.9. The largest absolute Gasteiger partial charge is 0.481 e. The molecular formula is C39H58N12O11S3. The van der Waals surface area contributed by atoms with E-state index in [0.717, 1.165) is 33.3 Å². The molecule has 0 aromatic heterocycles. The van der Waals surface area contributed by atoms with Crippen molar-refractivity contribution < 1.29 is 53.1 Å². The Bertz CT molecular complexity index is 1890. The van der Waals surface area contributed by atoms with Gasteiger partial charge in [-0.05, 0) is 58.2 Å². The number of amides is 8. The van der Waals surface area contributed by atoms with Crippen molar-refractivity contribution in [3.8, 4) is 0 Å². The van der Waals surface area contributed by atoms with Crippen LogP contribution in [0, 0.1) is 0 Å². The maximum absolute atomic E-state index is 14.2. The molecule has 3 rings (SSSR count). The molecule has 0 spiro atoms. The number of carboxylic acids is 1. The Balaban J connectivity index is 2.14. The van der Waals surface area contributed by atoms with E-state index in [-0.39, 0.29) is 49.7 Å². The van der Waals surface area contributed by atoms with Crippen molar-refractivity contribution in [2.75, 3.05) is 43.9 Å². The Morgan fingerprint density at radius 1 is 0.708 bits per heavy atom. The van der Waals surface area contributed by atoms with Crippen molar-refractivity contribution in [2.24, 2.45) is 16.5 Å². The fourth-order valence-corrected chi connectivity index (χ4v) is 9.41. The Kier molecular flexibility index (Phi) is 23.4. The molecule has 23 nitrogen and oxygen atoms in total. The van der Waals surface area contributed by atoms with E-state index in [1.54, 1.807) is 37.4 Å². The van der Waals surface area contributed by atoms with Crippen molar-refractivity contribution in [1.29, 1.82) is 0 Å². The third-order valence-corrected chi connectivity index (χ3v) is 13.2. The lowest BCUT2D eigenvalue weighted by Gasteiger charge is -2.26. The topological polar surface area (TPSA) is 364 Å². The summed E-state index contributed by atoms with van der Waals surface area (Å²) in [5.41, 5.74) is 11.5. The molecule has 2 aliphatic heterocycles. The molecule has 2 aliphatic rings. The monoisotopic (exact) mass is 966 g/mol. The molecule has 2 heterocycles. The minimum atomic E-state index is -1.75. The molecule has 65 heavy (non-hydrogen) atoms. The van der Waals surface area contributed by atoms with Crippen molar-refractivity contribution in [3.05, 3.63) is 35.9 Å². The van der Waals surface area contributed by atoms with Crippen molar-refractivity contribution in [3.63, 3.8) is 0 Å². The standard InChI is InChI=1S/C39H58N12O11S3/c1-21(52)38-51-35(60)25(15-22-9-4-3-5-10-22)48-37(62)28-19-65-64-18-27(49-33(58)24(11-6-7-13-42-2)45-30(54)20-63-38)36(61)47-23(12-8-14-43-39(40)41)32(57)44-17-29(53)46-26(16-31(55)56)34(59)50-28/h3-5,9-10,23-28,38,42H,6-8,11-20H2,1-2H3,(H,44,57)(H,45,54)(H,46,53)(H,47,61)(H,48,62)(H,49,58)(H,50,59)(H,51,60)(H,55,56)(H4,40,41,43)/t23-,24-,25-,26-,27-,28-,38?/m0/s1. The molecule has 2 fully saturated rings. The molecule has 8 amide bonds. The number of nitrogens with zero attached hydrogens (tertiary/aromatic N) is 1. The second-order valence-electron chi connectivity index (χ2n) is 14.9. The summed E-state index contributed by atoms with van der Waals surface area (Å²) >= 11 is 0.766. The fraction of sp³-hybridized carbons (Fsp3) is 0.564. The van der Waals surface area contributed by atoms with Gasteiger partial charge in [-0.25, -0.2) is 0 Å². The molecule has 26 heteroatoms. The van der Waals surface area contributed by atoms with Gasteiger partial charge in [-0.3, -0.25) is 52.9 Å². The fourth-order valence-electron chi connectivity index (χ4n) is 6.24. The lowest BCUT2D eigenvalue weighted by molar-refractivity contribution is -0.141. The number of aliphatic carboxylic acids is 1. The van der Waals surface area contributed by atoms with Crippen LogP contribution in [0.15, 0.2) is 35.3 Å². The summed E-state index contributed by atoms with van der Waals surface area (Å²) in [7, 11) is 3.72. The number of ketones is 1. The molecule has 0 radical (unpaired) electrons. The number of unbranched alkanes of at least 4 members (excludes halogenated alkanes) is 1. The van der Waals surface area contributed by atoms with Crippen molar-refractivity contribution >= 4 is 98.3 Å². The quantitative estimate of drug-likeness (QED) is 0.0370. The molecule has 0 aliphatic carbocycles. The number of hydrogen-bond donors (Lipinski definition) is 12. The summed E-state index contributed by atoms with van der Waals surface area (Å²) in [4.78, 5) is 139. The van der Waals surface area contributed by atoms with Gasteiger partial charge in [0.05, 0.1) is 18.7 Å². The number of guanidine groups is 1. The number of rotatable bonds is 14. The number of carbonyl (C=O) groups is 10. The minimum absolute atomic E-state index is 0.0505. The molecule has 1 unspecified atom stereocenters. The Morgan fingerprint density at radius 2 is 1.28 bits per heavy atom. The summed E-state index contributed by atoms with van der Waals surface area (Å²) in [6, 6.07) is 0.0924. The molecule has 0 saturated carbocycles. The lowest BCUT2D eigenvalue weighted by atomic mass is 10.0. The number of nitrogens with two attached hydrogens (primary N) is 2. The number of hydrogen-bond acceptors (Lipinski definition) is 15. The van der Waals surface area contributed by atoms with E-state index in [4.69, 9.17) is 11.5 Å². The smallest absolute Gasteiger partial charge is 0.305 e. The average Bonchev–Trinajstić information content (AvgIpc) is 3.25. The van der Waals surface area contributed by atoms with Crippen LogP contribution in [0.4, 0.5) is 0 Å². The van der Waals surface area contributed by atoms with Gasteiger partial charge in [0, 0.05) is 24.5 Å². The lowest BCUT2D eigenvalue weighted by Crippen LogP contribution is -2.59. The van der Waals surface area contributed by atoms with Gasteiger partial charge in [0.15, 0.2) is 11.7 Å². The van der Waals surface area contributed by atoms with Crippen LogP contribution >= 0.6 is 33.3 Å². The summed E-state index contributed by atoms with van der Waals surface area (Å²) in [5, 5.41) is 31.7. The highest BCUT2D eigenvalue weighted by molar-refractivity contribution is 8.76. The highest BCUT2D eigenvalue weighted by atomic mass is 33.1. The number of aliphatic imine (C=N–C) groups is 1. The van der Waals surface area contributed by atoms with Gasteiger partial charge in [0.25, 0.3) is 0 Å². The molecule has 2 saturated heterocycles. The van der Waals surface area contributed by atoms with Crippen LogP contribution < -0.4 is 59.3 Å². The number of nitrogens with one attached hydrogen (secondary N) is 9. The third kappa shape index (κ3) is 20.0. The van der Waals surface area contributed by atoms with E-state index in [1.165, 1.54) is 6.92 Å². The van der Waals surface area contributed by atoms with Crippen molar-refractivity contribution in [2.45, 2.75) is 93.5 Å². The number of benzene rings is 1. The Morgan fingerprint density at radius 3 is 1.88 bits per heavy atom. The van der Waals surface area contributed by atoms with E-state index >= 15 is 0 Å². The highest BCUT2D eigenvalue weighted by Gasteiger charge is 2.35. The Labute approximate surface area is 387 Å². The number of carbonyl (C=O) groups excluding carboxylic acids is 9. The zero-order valence-electron chi connectivity index (χ0n) is 36.0. The van der Waals surface area contributed by atoms with Crippen LogP contribution in [0.25, 0.3) is 0 Å². The summed E-state index contributed by atoms with van der Waals surface area (Å²) in [5.74, 6) is -9.97. The molecule has 1 aromatic carbocycles. The van der Waals surface area contributed by atoms with E-state index < -0.39 is 119 Å². The summed E-state index contributed by atoms with van der Waals surface area (Å²) < 4.78 is 0. The van der Waals surface area contributed by atoms with Crippen molar-refractivity contribution in [1.82, 2.24) is 47.9 Å². The van der Waals surface area contributed by atoms with Gasteiger partial charge < -0.3 is 64.4 Å². The van der Waals surface area contributed by atoms with Crippen LogP contribution in [0.2, 0.25) is 0 Å². The van der Waals surface area contributed by atoms with Crippen LogP contribution in [-0.2, 0) is 54.4 Å². The maximum Gasteiger partial charge on any atom is 0.305 e. The summed E-state index contributed by atoms with van der Waals surface area (Å²) in [6.07, 6.45) is 0.342. The third-order valence-electron chi connectivity index (χ3n) is 9.61. The van der Waals surface area contributed by atoms with Crippen LogP contribution in [0.5, 0.6) is 0 Å². The molecular weight excluding hydrogens is 909 g/mol. The van der Waals surface area contributed by atoms with E-state index in [2.05, 4.69) is 52.8 Å². The second-order valence-corrected chi connectivity index (χ2v) is 18.6. The number of fused-ring (bicyclic) bond motifs is 5. The molecule has 7 atom stereocenters. The van der Waals surface area contributed by atoms with Gasteiger partial charge >= 0.3 is 5.97 Å². The van der Waals surface area contributed by atoms with Gasteiger partial charge in [-0.1, -0.05) is 51.9 Å². The van der Waals surface area contributed by atoms with Gasteiger partial charge in [-0.2, -0.15) is 0 Å².